The van der Waals surface area contributed by atoms with Gasteiger partial charge in [0.15, 0.2) is 5.78 Å². The van der Waals surface area contributed by atoms with Crippen LogP contribution in [-0.2, 0) is 12.8 Å². The molecule has 0 aliphatic rings. The number of ketones is 1. The fourth-order valence-corrected chi connectivity index (χ4v) is 2.91. The largest absolute Gasteiger partial charge is 0.493 e. The average molecular weight is 389 g/mol. The maximum atomic E-state index is 12.8. The molecule has 8 heteroatoms. The molecule has 0 aromatic carbocycles. The predicted molar refractivity (Wildman–Crippen MR) is 99.0 cm³/mol. The smallest absolute Gasteiger partial charge is 0.280 e. The molecule has 0 bridgehead atoms. The molecule has 0 aliphatic heterocycles. The maximum Gasteiger partial charge on any atom is 0.280 e. The van der Waals surface area contributed by atoms with Crippen LogP contribution >= 0.6 is 0 Å². The number of rotatable bonds is 9. The maximum absolute atomic E-state index is 12.8. The molecule has 0 fully saturated rings. The van der Waals surface area contributed by atoms with Crippen LogP contribution in [0, 0.1) is 0 Å². The number of carbonyl (C=O) groups excluding carboxylic acids is 1. The SMILES string of the molecule is CCOc1cc2nc(CCCO)cn2cc1CC(=O)c1cccc(C(F)F)n1. The van der Waals surface area contributed by atoms with Crippen molar-refractivity contribution in [1.29, 1.82) is 0 Å². The lowest BCUT2D eigenvalue weighted by Crippen LogP contribution is -2.10. The number of hydrogen-bond donors (Lipinski definition) is 1. The number of aliphatic hydroxyl groups excluding tert-OH is 1. The minimum atomic E-state index is -2.73. The van der Waals surface area contributed by atoms with E-state index in [1.54, 1.807) is 16.7 Å². The third-order valence-electron chi connectivity index (χ3n) is 4.20. The van der Waals surface area contributed by atoms with Gasteiger partial charge in [0, 0.05) is 37.1 Å². The number of aromatic nitrogens is 3. The first-order chi connectivity index (χ1) is 13.5. The van der Waals surface area contributed by atoms with Crippen LogP contribution in [0.5, 0.6) is 5.75 Å². The lowest BCUT2D eigenvalue weighted by Gasteiger charge is -2.11. The molecular weight excluding hydrogens is 368 g/mol. The lowest BCUT2D eigenvalue weighted by molar-refractivity contribution is 0.0984. The molecule has 0 atom stereocenters. The van der Waals surface area contributed by atoms with E-state index in [9.17, 15) is 13.6 Å². The Morgan fingerprint density at radius 2 is 2.11 bits per heavy atom. The Kier molecular flexibility index (Phi) is 6.30. The molecular formula is C20H21F2N3O3. The van der Waals surface area contributed by atoms with Gasteiger partial charge < -0.3 is 14.2 Å². The van der Waals surface area contributed by atoms with E-state index < -0.39 is 12.1 Å². The van der Waals surface area contributed by atoms with E-state index in [-0.39, 0.29) is 24.5 Å². The van der Waals surface area contributed by atoms with Crippen molar-refractivity contribution < 1.29 is 23.4 Å². The summed E-state index contributed by atoms with van der Waals surface area (Å²) in [6, 6.07) is 5.77. The Hall–Kier alpha value is -2.87. The molecule has 6 nitrogen and oxygen atoms in total. The number of Topliss-reactive ketones (excluding diaryl/α,β-unsaturated/α-hetero) is 1. The van der Waals surface area contributed by atoms with Gasteiger partial charge in [-0.1, -0.05) is 6.07 Å². The number of ether oxygens (including phenoxy) is 1. The summed E-state index contributed by atoms with van der Waals surface area (Å²) in [5.74, 6) is 0.149. The highest BCUT2D eigenvalue weighted by Gasteiger charge is 2.17. The van der Waals surface area contributed by atoms with Gasteiger partial charge in [0.2, 0.25) is 0 Å². The quantitative estimate of drug-likeness (QED) is 0.568. The zero-order chi connectivity index (χ0) is 20.1. The van der Waals surface area contributed by atoms with Gasteiger partial charge in [-0.25, -0.2) is 18.7 Å². The van der Waals surface area contributed by atoms with Gasteiger partial charge in [-0.05, 0) is 31.9 Å². The normalized spacial score (nSPS) is 11.3. The van der Waals surface area contributed by atoms with E-state index in [1.165, 1.54) is 18.2 Å². The van der Waals surface area contributed by atoms with Crippen molar-refractivity contribution in [3.05, 3.63) is 59.3 Å². The van der Waals surface area contributed by atoms with Crippen molar-refractivity contribution in [3.63, 3.8) is 0 Å². The fraction of sp³-hybridized carbons (Fsp3) is 0.350. The van der Waals surface area contributed by atoms with Gasteiger partial charge in [-0.15, -0.1) is 0 Å². The first-order valence-electron chi connectivity index (χ1n) is 9.04. The van der Waals surface area contributed by atoms with Gasteiger partial charge >= 0.3 is 0 Å². The summed E-state index contributed by atoms with van der Waals surface area (Å²) in [6.45, 7) is 2.33. The molecule has 1 N–H and O–H groups in total. The Morgan fingerprint density at radius 1 is 1.29 bits per heavy atom. The van der Waals surface area contributed by atoms with Crippen molar-refractivity contribution in [2.45, 2.75) is 32.6 Å². The summed E-state index contributed by atoms with van der Waals surface area (Å²) in [5.41, 5.74) is 1.69. The van der Waals surface area contributed by atoms with Crippen LogP contribution in [0.25, 0.3) is 5.65 Å². The van der Waals surface area contributed by atoms with E-state index >= 15 is 0 Å². The zero-order valence-corrected chi connectivity index (χ0v) is 15.4. The van der Waals surface area contributed by atoms with E-state index in [0.29, 0.717) is 36.4 Å². The second kappa shape index (κ2) is 8.88. The number of alkyl halides is 2. The van der Waals surface area contributed by atoms with E-state index in [1.807, 2.05) is 13.1 Å². The van der Waals surface area contributed by atoms with E-state index in [4.69, 9.17) is 9.84 Å². The van der Waals surface area contributed by atoms with E-state index in [2.05, 4.69) is 9.97 Å². The molecule has 3 aromatic rings. The molecule has 3 rings (SSSR count). The molecule has 0 amide bonds. The second-order valence-corrected chi connectivity index (χ2v) is 6.27. The lowest BCUT2D eigenvalue weighted by atomic mass is 10.1. The Balaban J connectivity index is 1.90. The Morgan fingerprint density at radius 3 is 2.82 bits per heavy atom. The van der Waals surface area contributed by atoms with Gasteiger partial charge in [0.1, 0.15) is 22.8 Å². The fourth-order valence-electron chi connectivity index (χ4n) is 2.91. The first-order valence-corrected chi connectivity index (χ1v) is 9.04. The topological polar surface area (TPSA) is 76.7 Å². The summed E-state index contributed by atoms with van der Waals surface area (Å²) in [4.78, 5) is 20.9. The Labute approximate surface area is 160 Å². The summed E-state index contributed by atoms with van der Waals surface area (Å²) >= 11 is 0. The number of pyridine rings is 2. The molecule has 148 valence electrons. The minimum Gasteiger partial charge on any atom is -0.493 e. The molecule has 0 spiro atoms. The highest BCUT2D eigenvalue weighted by atomic mass is 19.3. The Bertz CT molecular complexity index is 972. The molecule has 3 heterocycles. The van der Waals surface area contributed by atoms with Crippen LogP contribution in [0.2, 0.25) is 0 Å². The number of aliphatic hydroxyl groups is 1. The average Bonchev–Trinajstić information content (AvgIpc) is 3.08. The summed E-state index contributed by atoms with van der Waals surface area (Å²) in [7, 11) is 0. The monoisotopic (exact) mass is 389 g/mol. The number of halogens is 2. The van der Waals surface area contributed by atoms with E-state index in [0.717, 1.165) is 5.69 Å². The van der Waals surface area contributed by atoms with Crippen molar-refractivity contribution >= 4 is 11.4 Å². The molecule has 3 aromatic heterocycles. The summed E-state index contributed by atoms with van der Waals surface area (Å²) in [6.07, 6.45) is 2.08. The first kappa shape index (κ1) is 19.9. The van der Waals surface area contributed by atoms with Crippen LogP contribution < -0.4 is 4.74 Å². The predicted octanol–water partition coefficient (Wildman–Crippen LogP) is 3.42. The van der Waals surface area contributed by atoms with Crippen molar-refractivity contribution in [3.8, 4) is 5.75 Å². The van der Waals surface area contributed by atoms with Crippen LogP contribution in [0.1, 0.15) is 47.2 Å². The molecule has 0 saturated carbocycles. The zero-order valence-electron chi connectivity index (χ0n) is 15.4. The van der Waals surface area contributed by atoms with Crippen LogP contribution in [0.3, 0.4) is 0 Å². The standard InChI is InChI=1S/C20H21F2N3O3/c1-2-28-18-10-19-23-14(5-4-8-26)12-25(19)11-13(18)9-17(27)15-6-3-7-16(24-15)20(21)22/h3,6-7,10-12,20,26H,2,4-5,8-9H2,1H3. The van der Waals surface area contributed by atoms with Crippen LogP contribution in [-0.4, -0.2) is 38.5 Å². The molecule has 0 aliphatic carbocycles. The summed E-state index contributed by atoms with van der Waals surface area (Å²) in [5, 5.41) is 8.98. The molecule has 28 heavy (non-hydrogen) atoms. The number of nitrogens with zero attached hydrogens (tertiary/aromatic N) is 3. The number of fused-ring (bicyclic) bond motifs is 1. The molecule has 0 radical (unpaired) electrons. The third-order valence-corrected chi connectivity index (χ3v) is 4.20. The van der Waals surface area contributed by atoms with Gasteiger partial charge in [0.05, 0.1) is 12.3 Å². The van der Waals surface area contributed by atoms with Gasteiger partial charge in [0.25, 0.3) is 6.43 Å². The van der Waals surface area contributed by atoms with Crippen LogP contribution in [0.15, 0.2) is 36.7 Å². The minimum absolute atomic E-state index is 0.00499. The van der Waals surface area contributed by atoms with Crippen molar-refractivity contribution in [2.75, 3.05) is 13.2 Å². The number of hydrogen-bond acceptors (Lipinski definition) is 5. The highest BCUT2D eigenvalue weighted by molar-refractivity contribution is 5.96. The van der Waals surface area contributed by atoms with Gasteiger partial charge in [-0.2, -0.15) is 0 Å². The number of carbonyl (C=O) groups is 1. The van der Waals surface area contributed by atoms with Crippen molar-refractivity contribution in [2.24, 2.45) is 0 Å². The van der Waals surface area contributed by atoms with Crippen LogP contribution in [0.4, 0.5) is 8.78 Å². The molecule has 0 unspecified atom stereocenters. The second-order valence-electron chi connectivity index (χ2n) is 6.27. The molecule has 0 saturated heterocycles. The van der Waals surface area contributed by atoms with Crippen molar-refractivity contribution in [1.82, 2.24) is 14.4 Å². The van der Waals surface area contributed by atoms with Gasteiger partial charge in [-0.3, -0.25) is 4.79 Å². The number of aryl methyl sites for hydroxylation is 1. The highest BCUT2D eigenvalue weighted by Crippen LogP contribution is 2.24. The summed E-state index contributed by atoms with van der Waals surface area (Å²) < 4.78 is 33.1. The number of imidazole rings is 1. The third kappa shape index (κ3) is 4.51.